The van der Waals surface area contributed by atoms with Crippen LogP contribution >= 0.6 is 0 Å². The van der Waals surface area contributed by atoms with E-state index in [9.17, 15) is 4.79 Å². The Hall–Kier alpha value is -0.581. The summed E-state index contributed by atoms with van der Waals surface area (Å²) in [5.41, 5.74) is 0.876. The molecule has 23 heavy (non-hydrogen) atoms. The first-order valence-electron chi connectivity index (χ1n) is 9.31. The van der Waals surface area contributed by atoms with Gasteiger partial charge in [0.05, 0.1) is 0 Å². The van der Waals surface area contributed by atoms with Gasteiger partial charge in [-0.2, -0.15) is 0 Å². The molecule has 3 nitrogen and oxygen atoms in total. The monoisotopic (exact) mass is 426 g/mol. The van der Waals surface area contributed by atoms with Crippen molar-refractivity contribution in [2.24, 2.45) is 0 Å². The molecular weight excluding hydrogens is 391 g/mol. The molecule has 0 aliphatic heterocycles. The first-order valence-corrected chi connectivity index (χ1v) is 16.8. The van der Waals surface area contributed by atoms with Crippen LogP contribution in [0.15, 0.2) is 18.5 Å². The normalized spacial score (nSPS) is 11.5. The quantitative estimate of drug-likeness (QED) is 0.502. The third kappa shape index (κ3) is 6.82. The molecule has 0 atom stereocenters. The molecule has 0 fully saturated rings. The van der Waals surface area contributed by atoms with E-state index in [-0.39, 0.29) is 5.91 Å². The number of nitrogens with zero attached hydrogens (tertiary/aromatic N) is 1. The summed E-state index contributed by atoms with van der Waals surface area (Å²) in [6.07, 6.45) is 11.7. The van der Waals surface area contributed by atoms with Crippen molar-refractivity contribution in [3.05, 3.63) is 18.5 Å². The molecule has 0 radical (unpaired) electrons. The van der Waals surface area contributed by atoms with Crippen LogP contribution in [0.4, 0.5) is 5.69 Å². The number of unbranched alkanes of at least 4 members (excludes halogenated alkanes) is 3. The first-order chi connectivity index (χ1) is 11.1. The molecule has 1 aromatic rings. The van der Waals surface area contributed by atoms with E-state index in [1.165, 1.54) is 55.4 Å². The number of nitrogens with one attached hydrogen (secondary N) is 1. The zero-order valence-electron chi connectivity index (χ0n) is 15.5. The van der Waals surface area contributed by atoms with Gasteiger partial charge in [-0.25, -0.2) is 0 Å². The van der Waals surface area contributed by atoms with Crippen LogP contribution in [0.3, 0.4) is 0 Å². The van der Waals surface area contributed by atoms with Crippen LogP contribution in [0, 0.1) is 0 Å². The molecule has 0 aliphatic rings. The van der Waals surface area contributed by atoms with Crippen molar-refractivity contribution < 1.29 is 4.79 Å². The van der Waals surface area contributed by atoms with Crippen molar-refractivity contribution in [1.82, 2.24) is 4.98 Å². The summed E-state index contributed by atoms with van der Waals surface area (Å²) in [6, 6.07) is 2.24. The van der Waals surface area contributed by atoms with Crippen LogP contribution in [0.5, 0.6) is 0 Å². The molecule has 1 N–H and O–H groups in total. The van der Waals surface area contributed by atoms with Crippen molar-refractivity contribution in [2.45, 2.75) is 79.5 Å². The average Bonchev–Trinajstić information content (AvgIpc) is 2.54. The second-order valence-corrected chi connectivity index (χ2v) is 20.0. The third-order valence-electron chi connectivity index (χ3n) is 4.70. The van der Waals surface area contributed by atoms with Crippen LogP contribution in [0.25, 0.3) is 0 Å². The van der Waals surface area contributed by atoms with Gasteiger partial charge in [0.25, 0.3) is 0 Å². The summed E-state index contributed by atoms with van der Waals surface area (Å²) in [5.74, 6) is -0.0135. The van der Waals surface area contributed by atoms with Gasteiger partial charge in [-0.3, -0.25) is 0 Å². The third-order valence-corrected chi connectivity index (χ3v) is 20.2. The van der Waals surface area contributed by atoms with Gasteiger partial charge in [0.15, 0.2) is 0 Å². The Morgan fingerprint density at radius 3 is 1.96 bits per heavy atom. The van der Waals surface area contributed by atoms with Crippen molar-refractivity contribution in [3.63, 3.8) is 0 Å². The standard InChI is InChI=1S/C7H7N2O.3C4H9.Sn/c1-6(10)9-7-3-2-4-8-5-7;3*1-3-4-2;/h3-5H,1H3,(H,9,10);3*1,3-4H2,2H3;. The van der Waals surface area contributed by atoms with Gasteiger partial charge in [-0.15, -0.1) is 0 Å². The zero-order valence-corrected chi connectivity index (χ0v) is 18.3. The molecule has 0 saturated carbocycles. The van der Waals surface area contributed by atoms with E-state index >= 15 is 0 Å². The molecule has 0 spiro atoms. The maximum atomic E-state index is 11.4. The van der Waals surface area contributed by atoms with Crippen LogP contribution in [0.1, 0.15) is 66.2 Å². The Morgan fingerprint density at radius 1 is 1.00 bits per heavy atom. The maximum absolute atomic E-state index is 11.4. The first kappa shape index (κ1) is 20.5. The fraction of sp³-hybridized carbons (Fsp3) is 0.684. The minimum absolute atomic E-state index is 0.0135. The number of carbonyl (C=O) groups is 1. The molecule has 1 amide bonds. The van der Waals surface area contributed by atoms with Crippen molar-refractivity contribution in [1.29, 1.82) is 0 Å². The molecule has 130 valence electrons. The van der Waals surface area contributed by atoms with E-state index in [0.29, 0.717) is 0 Å². The van der Waals surface area contributed by atoms with Crippen LogP contribution in [-0.4, -0.2) is 29.3 Å². The molecule has 4 heteroatoms. The summed E-state index contributed by atoms with van der Waals surface area (Å²) in [7, 11) is 0. The van der Waals surface area contributed by atoms with E-state index in [0.717, 1.165) is 5.69 Å². The van der Waals surface area contributed by atoms with E-state index in [1.54, 1.807) is 13.1 Å². The zero-order chi connectivity index (χ0) is 17.1. The Balaban J connectivity index is 3.14. The Morgan fingerprint density at radius 2 is 1.52 bits per heavy atom. The summed E-state index contributed by atoms with van der Waals surface area (Å²) in [4.78, 5) is 15.8. The topological polar surface area (TPSA) is 42.0 Å². The Kier molecular flexibility index (Phi) is 9.84. The van der Waals surface area contributed by atoms with Crippen molar-refractivity contribution >= 4 is 33.6 Å². The van der Waals surface area contributed by atoms with Gasteiger partial charge in [0, 0.05) is 0 Å². The van der Waals surface area contributed by atoms with E-state index < -0.39 is 18.4 Å². The predicted octanol–water partition coefficient (Wildman–Crippen LogP) is 5.10. The molecule has 1 rings (SSSR count). The molecule has 1 aromatic heterocycles. The van der Waals surface area contributed by atoms with E-state index in [2.05, 4.69) is 43.3 Å². The van der Waals surface area contributed by atoms with E-state index in [1.807, 2.05) is 0 Å². The van der Waals surface area contributed by atoms with Gasteiger partial charge in [0.2, 0.25) is 0 Å². The molecule has 1 heterocycles. The van der Waals surface area contributed by atoms with Gasteiger partial charge in [0.1, 0.15) is 0 Å². The number of hydrogen-bond donors (Lipinski definition) is 1. The van der Waals surface area contributed by atoms with E-state index in [4.69, 9.17) is 0 Å². The van der Waals surface area contributed by atoms with Crippen LogP contribution in [-0.2, 0) is 4.79 Å². The number of hydrogen-bond acceptors (Lipinski definition) is 2. The molecule has 0 aromatic carbocycles. The van der Waals surface area contributed by atoms with Gasteiger partial charge < -0.3 is 0 Å². The average molecular weight is 425 g/mol. The van der Waals surface area contributed by atoms with Crippen LogP contribution in [0.2, 0.25) is 13.3 Å². The van der Waals surface area contributed by atoms with Crippen molar-refractivity contribution in [2.75, 3.05) is 5.32 Å². The van der Waals surface area contributed by atoms with Crippen molar-refractivity contribution in [3.8, 4) is 0 Å². The summed E-state index contributed by atoms with van der Waals surface area (Å²) >= 11 is -2.42. The predicted molar refractivity (Wildman–Crippen MR) is 103 cm³/mol. The number of amides is 1. The van der Waals surface area contributed by atoms with Gasteiger partial charge in [-0.1, -0.05) is 0 Å². The fourth-order valence-corrected chi connectivity index (χ4v) is 19.1. The second-order valence-electron chi connectivity index (χ2n) is 6.73. The Bertz CT molecular complexity index is 454. The summed E-state index contributed by atoms with van der Waals surface area (Å²) < 4.78 is 5.80. The molecule has 0 bridgehead atoms. The SMILES string of the molecule is CCC[CH2][Sn]([CH2]CCC)([CH2]CCC)[c]1cncc(NC(C)=O)c1. The minimum atomic E-state index is -2.42. The number of aromatic nitrogens is 1. The summed E-state index contributed by atoms with van der Waals surface area (Å²) in [5, 5.41) is 2.92. The number of carbonyl (C=O) groups excluding carboxylic acids is 1. The van der Waals surface area contributed by atoms with Crippen LogP contribution < -0.4 is 8.90 Å². The number of pyridine rings is 1. The van der Waals surface area contributed by atoms with Gasteiger partial charge in [-0.05, 0) is 0 Å². The molecule has 0 aliphatic carbocycles. The molecular formula is C19H34N2OSn. The molecule has 0 saturated heterocycles. The Labute approximate surface area is 146 Å². The summed E-state index contributed by atoms with van der Waals surface area (Å²) in [6.45, 7) is 8.45. The number of rotatable bonds is 11. The fourth-order valence-electron chi connectivity index (χ4n) is 3.36. The number of anilines is 1. The molecule has 0 unspecified atom stereocenters. The second kappa shape index (κ2) is 11.1. The van der Waals surface area contributed by atoms with Gasteiger partial charge >= 0.3 is 147 Å².